The molecule has 3 nitrogen and oxygen atoms in total. The van der Waals surface area contributed by atoms with Crippen molar-refractivity contribution in [2.75, 3.05) is 11.9 Å². The van der Waals surface area contributed by atoms with Crippen molar-refractivity contribution >= 4 is 11.6 Å². The summed E-state index contributed by atoms with van der Waals surface area (Å²) in [6.45, 7) is 3.18. The predicted octanol–water partition coefficient (Wildman–Crippen LogP) is 3.21. The number of amides is 1. The molecule has 3 aliphatic rings. The molecule has 2 fully saturated rings. The van der Waals surface area contributed by atoms with Gasteiger partial charge in [-0.2, -0.15) is 0 Å². The summed E-state index contributed by atoms with van der Waals surface area (Å²) in [6, 6.07) is 6.34. The highest BCUT2D eigenvalue weighted by molar-refractivity contribution is 5.95. The number of anilines is 1. The largest absolute Gasteiger partial charge is 0.384 e. The molecule has 3 heteroatoms. The Morgan fingerprint density at radius 3 is 3.00 bits per heavy atom. The minimum Gasteiger partial charge on any atom is -0.384 e. The molecule has 2 bridgehead atoms. The first-order valence-corrected chi connectivity index (χ1v) is 8.38. The Labute approximate surface area is 126 Å². The molecule has 4 atom stereocenters. The molecule has 1 aromatic carbocycles. The summed E-state index contributed by atoms with van der Waals surface area (Å²) in [4.78, 5) is 12.5. The van der Waals surface area contributed by atoms with Crippen molar-refractivity contribution in [3.05, 3.63) is 29.3 Å². The summed E-state index contributed by atoms with van der Waals surface area (Å²) in [6.07, 6.45) is 6.54. The number of nitrogens with one attached hydrogen (secondary N) is 2. The van der Waals surface area contributed by atoms with E-state index in [4.69, 9.17) is 0 Å². The van der Waals surface area contributed by atoms with Gasteiger partial charge in [0.05, 0.1) is 0 Å². The molecule has 1 amide bonds. The first-order valence-electron chi connectivity index (χ1n) is 8.38. The van der Waals surface area contributed by atoms with Gasteiger partial charge in [0.15, 0.2) is 0 Å². The van der Waals surface area contributed by atoms with E-state index in [0.717, 1.165) is 30.4 Å². The van der Waals surface area contributed by atoms with E-state index in [1.165, 1.54) is 36.9 Å². The van der Waals surface area contributed by atoms with E-state index in [2.05, 4.69) is 23.6 Å². The maximum atomic E-state index is 12.5. The second-order valence-corrected chi connectivity index (χ2v) is 7.15. The molecule has 0 saturated heterocycles. The number of carbonyl (C=O) groups is 1. The summed E-state index contributed by atoms with van der Waals surface area (Å²) in [5.41, 5.74) is 3.27. The molecule has 1 aliphatic heterocycles. The van der Waals surface area contributed by atoms with Crippen LogP contribution >= 0.6 is 0 Å². The lowest BCUT2D eigenvalue weighted by Crippen LogP contribution is -2.40. The molecular weight excluding hydrogens is 260 g/mol. The summed E-state index contributed by atoms with van der Waals surface area (Å²) in [7, 11) is 0. The third-order valence-corrected chi connectivity index (χ3v) is 5.87. The first-order chi connectivity index (χ1) is 10.2. The third kappa shape index (κ3) is 2.33. The number of benzene rings is 1. The van der Waals surface area contributed by atoms with Crippen molar-refractivity contribution in [2.45, 2.75) is 45.1 Å². The van der Waals surface area contributed by atoms with E-state index in [1.807, 2.05) is 12.1 Å². The zero-order valence-electron chi connectivity index (χ0n) is 12.7. The highest BCUT2D eigenvalue weighted by Crippen LogP contribution is 2.49. The van der Waals surface area contributed by atoms with Gasteiger partial charge < -0.3 is 10.6 Å². The number of hydrogen-bond donors (Lipinski definition) is 2. The van der Waals surface area contributed by atoms with E-state index >= 15 is 0 Å². The molecule has 2 saturated carbocycles. The molecule has 2 N–H and O–H groups in total. The molecule has 4 rings (SSSR count). The Balaban J connectivity index is 1.43. The topological polar surface area (TPSA) is 41.1 Å². The molecule has 0 spiro atoms. The van der Waals surface area contributed by atoms with Gasteiger partial charge in [0, 0.05) is 23.8 Å². The van der Waals surface area contributed by atoms with Crippen LogP contribution in [0.4, 0.5) is 5.69 Å². The summed E-state index contributed by atoms with van der Waals surface area (Å²) < 4.78 is 0. The van der Waals surface area contributed by atoms with Crippen molar-refractivity contribution in [3.63, 3.8) is 0 Å². The minimum absolute atomic E-state index is 0.0972. The fourth-order valence-corrected chi connectivity index (χ4v) is 4.75. The average molecular weight is 284 g/mol. The van der Waals surface area contributed by atoms with Crippen molar-refractivity contribution in [2.24, 2.45) is 17.8 Å². The van der Waals surface area contributed by atoms with Crippen LogP contribution in [0, 0.1) is 17.8 Å². The molecular formula is C18H24N2O. The molecule has 1 aromatic rings. The first kappa shape index (κ1) is 13.2. The Morgan fingerprint density at radius 1 is 1.33 bits per heavy atom. The maximum Gasteiger partial charge on any atom is 0.251 e. The van der Waals surface area contributed by atoms with E-state index in [9.17, 15) is 4.79 Å². The van der Waals surface area contributed by atoms with Gasteiger partial charge in [0.25, 0.3) is 5.91 Å². The normalized spacial score (nSPS) is 30.8. The number of carbonyl (C=O) groups excluding carboxylic acids is 1. The van der Waals surface area contributed by atoms with Crippen LogP contribution in [0.25, 0.3) is 0 Å². The number of rotatable bonds is 3. The lowest BCUT2D eigenvalue weighted by atomic mass is 9.84. The average Bonchev–Trinajstić information content (AvgIpc) is 3.21. The monoisotopic (exact) mass is 284 g/mol. The van der Waals surface area contributed by atoms with Gasteiger partial charge in [-0.15, -0.1) is 0 Å². The molecule has 4 unspecified atom stereocenters. The van der Waals surface area contributed by atoms with E-state index in [-0.39, 0.29) is 5.91 Å². The molecule has 1 heterocycles. The Bertz CT molecular complexity index is 568. The second kappa shape index (κ2) is 5.04. The van der Waals surface area contributed by atoms with Gasteiger partial charge in [-0.1, -0.05) is 6.42 Å². The maximum absolute atomic E-state index is 12.5. The van der Waals surface area contributed by atoms with Gasteiger partial charge in [0.1, 0.15) is 0 Å². The van der Waals surface area contributed by atoms with E-state index in [0.29, 0.717) is 12.0 Å². The van der Waals surface area contributed by atoms with Crippen LogP contribution in [-0.4, -0.2) is 18.5 Å². The van der Waals surface area contributed by atoms with Gasteiger partial charge in [0.2, 0.25) is 0 Å². The molecule has 112 valence electrons. The Kier molecular flexibility index (Phi) is 3.16. The van der Waals surface area contributed by atoms with E-state index in [1.54, 1.807) is 0 Å². The molecule has 2 aliphatic carbocycles. The Hall–Kier alpha value is -1.51. The molecule has 0 aromatic heterocycles. The SMILES string of the molecule is CC(NC(=O)c1ccc2c(c1)CCN2)C1CC2CCC1C2. The van der Waals surface area contributed by atoms with Gasteiger partial charge in [-0.25, -0.2) is 0 Å². The number of hydrogen-bond acceptors (Lipinski definition) is 2. The third-order valence-electron chi connectivity index (χ3n) is 5.87. The van der Waals surface area contributed by atoms with Gasteiger partial charge >= 0.3 is 0 Å². The van der Waals surface area contributed by atoms with Crippen molar-refractivity contribution in [3.8, 4) is 0 Å². The number of fused-ring (bicyclic) bond motifs is 3. The standard InChI is InChI=1S/C18H24N2O/c1-11(16-9-12-2-3-13(16)8-12)20-18(21)15-4-5-17-14(10-15)6-7-19-17/h4-5,10-13,16,19H,2-3,6-9H2,1H3,(H,20,21). The summed E-state index contributed by atoms with van der Waals surface area (Å²) >= 11 is 0. The summed E-state index contributed by atoms with van der Waals surface area (Å²) in [5.74, 6) is 2.59. The van der Waals surface area contributed by atoms with Crippen LogP contribution in [0.1, 0.15) is 48.5 Å². The zero-order valence-corrected chi connectivity index (χ0v) is 12.7. The van der Waals surface area contributed by atoms with Crippen LogP contribution in [0.2, 0.25) is 0 Å². The van der Waals surface area contributed by atoms with Crippen LogP contribution in [0.15, 0.2) is 18.2 Å². The smallest absolute Gasteiger partial charge is 0.251 e. The Morgan fingerprint density at radius 2 is 2.24 bits per heavy atom. The second-order valence-electron chi connectivity index (χ2n) is 7.15. The fraction of sp³-hybridized carbons (Fsp3) is 0.611. The van der Waals surface area contributed by atoms with Crippen LogP contribution in [0.3, 0.4) is 0 Å². The van der Waals surface area contributed by atoms with Crippen molar-refractivity contribution in [1.29, 1.82) is 0 Å². The summed E-state index contributed by atoms with van der Waals surface area (Å²) in [5, 5.41) is 6.59. The van der Waals surface area contributed by atoms with Crippen LogP contribution in [0.5, 0.6) is 0 Å². The minimum atomic E-state index is 0.0972. The quantitative estimate of drug-likeness (QED) is 0.895. The van der Waals surface area contributed by atoms with Crippen molar-refractivity contribution in [1.82, 2.24) is 5.32 Å². The lowest BCUT2D eigenvalue weighted by Gasteiger charge is -2.28. The highest BCUT2D eigenvalue weighted by Gasteiger charge is 2.42. The zero-order chi connectivity index (χ0) is 14.4. The fourth-order valence-electron chi connectivity index (χ4n) is 4.75. The van der Waals surface area contributed by atoms with Gasteiger partial charge in [-0.3, -0.25) is 4.79 Å². The molecule has 0 radical (unpaired) electrons. The van der Waals surface area contributed by atoms with Crippen LogP contribution in [-0.2, 0) is 6.42 Å². The van der Waals surface area contributed by atoms with Gasteiger partial charge in [-0.05, 0) is 74.1 Å². The van der Waals surface area contributed by atoms with Crippen LogP contribution < -0.4 is 10.6 Å². The lowest BCUT2D eigenvalue weighted by molar-refractivity contribution is 0.0915. The molecule has 21 heavy (non-hydrogen) atoms. The van der Waals surface area contributed by atoms with Crippen molar-refractivity contribution < 1.29 is 4.79 Å². The highest BCUT2D eigenvalue weighted by atomic mass is 16.1. The van der Waals surface area contributed by atoms with E-state index < -0.39 is 0 Å². The predicted molar refractivity (Wildman–Crippen MR) is 84.5 cm³/mol.